The highest BCUT2D eigenvalue weighted by molar-refractivity contribution is 6.32. The molecule has 0 atom stereocenters. The van der Waals surface area contributed by atoms with E-state index in [-0.39, 0.29) is 18.2 Å². The van der Waals surface area contributed by atoms with Gasteiger partial charge in [-0.1, -0.05) is 17.7 Å². The van der Waals surface area contributed by atoms with E-state index in [0.29, 0.717) is 16.3 Å². The Morgan fingerprint density at radius 1 is 1.26 bits per heavy atom. The third kappa shape index (κ3) is 2.68. The molecule has 1 saturated heterocycles. The molecule has 5 nitrogen and oxygen atoms in total. The number of aromatic nitrogens is 2. The molecule has 1 fully saturated rings. The maximum atomic E-state index is 12.6. The fraction of sp³-hybridized carbons (Fsp3) is 0.235. The topological polar surface area (TPSA) is 55.2 Å². The van der Waals surface area contributed by atoms with Crippen LogP contribution in [-0.2, 0) is 16.6 Å². The maximum Gasteiger partial charge on any atom is 0.261 e. The Labute approximate surface area is 139 Å². The van der Waals surface area contributed by atoms with Gasteiger partial charge in [-0.2, -0.15) is 5.10 Å². The van der Waals surface area contributed by atoms with Crippen molar-refractivity contribution in [1.82, 2.24) is 9.78 Å². The largest absolute Gasteiger partial charge is 0.274 e. The average Bonchev–Trinajstić information content (AvgIpc) is 2.90. The van der Waals surface area contributed by atoms with Crippen molar-refractivity contribution in [1.29, 1.82) is 0 Å². The lowest BCUT2D eigenvalue weighted by Gasteiger charge is -2.13. The number of benzene rings is 1. The van der Waals surface area contributed by atoms with Crippen molar-refractivity contribution < 1.29 is 9.59 Å². The molecule has 0 unspecified atom stereocenters. The molecule has 0 spiro atoms. The number of imide groups is 1. The van der Waals surface area contributed by atoms with Gasteiger partial charge < -0.3 is 0 Å². The zero-order chi connectivity index (χ0) is 16.7. The minimum absolute atomic E-state index is 0.0825. The van der Waals surface area contributed by atoms with Gasteiger partial charge in [-0.05, 0) is 38.1 Å². The van der Waals surface area contributed by atoms with E-state index in [1.54, 1.807) is 35.0 Å². The lowest BCUT2D eigenvalue weighted by molar-refractivity contribution is -0.120. The highest BCUT2D eigenvalue weighted by Crippen LogP contribution is 2.29. The van der Waals surface area contributed by atoms with Crippen molar-refractivity contribution >= 4 is 35.2 Å². The van der Waals surface area contributed by atoms with Crippen LogP contribution >= 0.6 is 11.6 Å². The molecule has 0 radical (unpaired) electrons. The van der Waals surface area contributed by atoms with Crippen LogP contribution in [0.15, 0.2) is 29.8 Å². The van der Waals surface area contributed by atoms with E-state index < -0.39 is 0 Å². The summed E-state index contributed by atoms with van der Waals surface area (Å²) in [5.74, 6) is -0.553. The number of nitrogens with zero attached hydrogens (tertiary/aromatic N) is 3. The summed E-state index contributed by atoms with van der Waals surface area (Å²) in [6, 6.07) is 6.73. The van der Waals surface area contributed by atoms with Crippen molar-refractivity contribution in [3.63, 3.8) is 0 Å². The fourth-order valence-electron chi connectivity index (χ4n) is 2.74. The summed E-state index contributed by atoms with van der Waals surface area (Å²) in [5, 5.41) is 4.82. The molecule has 23 heavy (non-hydrogen) atoms. The summed E-state index contributed by atoms with van der Waals surface area (Å²) >= 11 is 5.95. The molecular formula is C17H16ClN3O2. The van der Waals surface area contributed by atoms with Crippen LogP contribution in [0.4, 0.5) is 5.69 Å². The van der Waals surface area contributed by atoms with Gasteiger partial charge in [0.2, 0.25) is 5.91 Å². The summed E-state index contributed by atoms with van der Waals surface area (Å²) in [6.07, 6.45) is 1.85. The number of carbonyl (C=O) groups excluding carboxylic acids is 2. The third-order valence-electron chi connectivity index (χ3n) is 4.02. The molecule has 1 aliphatic rings. The molecule has 1 aromatic carbocycles. The van der Waals surface area contributed by atoms with Gasteiger partial charge >= 0.3 is 0 Å². The summed E-state index contributed by atoms with van der Waals surface area (Å²) < 4.78 is 1.76. The van der Waals surface area contributed by atoms with Gasteiger partial charge in [0.05, 0.1) is 17.8 Å². The van der Waals surface area contributed by atoms with Crippen molar-refractivity contribution in [2.75, 3.05) is 4.90 Å². The molecule has 0 N–H and O–H groups in total. The van der Waals surface area contributed by atoms with E-state index in [2.05, 4.69) is 5.10 Å². The normalized spacial score (nSPS) is 16.7. The first kappa shape index (κ1) is 15.5. The van der Waals surface area contributed by atoms with Crippen LogP contribution in [0, 0.1) is 13.8 Å². The molecule has 0 aliphatic carbocycles. The van der Waals surface area contributed by atoms with Crippen LogP contribution in [0.2, 0.25) is 5.02 Å². The quantitative estimate of drug-likeness (QED) is 0.628. The first-order chi connectivity index (χ1) is 10.9. The second kappa shape index (κ2) is 5.66. The van der Waals surface area contributed by atoms with E-state index >= 15 is 0 Å². The Morgan fingerprint density at radius 3 is 2.61 bits per heavy atom. The van der Waals surface area contributed by atoms with Crippen molar-refractivity contribution in [2.24, 2.45) is 7.05 Å². The monoisotopic (exact) mass is 329 g/mol. The first-order valence-electron chi connectivity index (χ1n) is 7.22. The van der Waals surface area contributed by atoms with Gasteiger partial charge in [0.15, 0.2) is 0 Å². The number of hydrogen-bond donors (Lipinski definition) is 0. The highest BCUT2D eigenvalue weighted by Gasteiger charge is 2.35. The zero-order valence-corrected chi connectivity index (χ0v) is 13.9. The highest BCUT2D eigenvalue weighted by atomic mass is 35.5. The SMILES string of the molecule is Cc1nn(C)c(C)c1/C=C1\CC(=O)N(c2cccc(Cl)c2)C1=O. The van der Waals surface area contributed by atoms with Crippen molar-refractivity contribution in [2.45, 2.75) is 20.3 Å². The average molecular weight is 330 g/mol. The van der Waals surface area contributed by atoms with E-state index in [1.165, 1.54) is 4.90 Å². The molecule has 118 valence electrons. The summed E-state index contributed by atoms with van der Waals surface area (Å²) in [5.41, 5.74) is 3.64. The van der Waals surface area contributed by atoms with E-state index in [1.807, 2.05) is 20.9 Å². The molecule has 1 aromatic heterocycles. The Hall–Kier alpha value is -2.40. The van der Waals surface area contributed by atoms with Crippen LogP contribution in [0.1, 0.15) is 23.4 Å². The third-order valence-corrected chi connectivity index (χ3v) is 4.25. The molecule has 0 bridgehead atoms. The number of carbonyl (C=O) groups is 2. The molecule has 2 amide bonds. The van der Waals surface area contributed by atoms with Crippen LogP contribution in [0.3, 0.4) is 0 Å². The van der Waals surface area contributed by atoms with E-state index in [9.17, 15) is 9.59 Å². The lowest BCUT2D eigenvalue weighted by Crippen LogP contribution is -2.28. The van der Waals surface area contributed by atoms with Crippen LogP contribution < -0.4 is 4.90 Å². The molecule has 1 aliphatic heterocycles. The standard InChI is InChI=1S/C17H16ClN3O2/c1-10-15(11(2)20(3)19-10)7-12-8-16(22)21(17(12)23)14-6-4-5-13(18)9-14/h4-7,9H,8H2,1-3H3/b12-7+. The summed E-state index contributed by atoms with van der Waals surface area (Å²) in [4.78, 5) is 26.1. The van der Waals surface area contributed by atoms with Crippen LogP contribution in [0.5, 0.6) is 0 Å². The number of halogens is 1. The Kier molecular flexibility index (Phi) is 3.82. The van der Waals surface area contributed by atoms with Crippen molar-refractivity contribution in [3.05, 3.63) is 51.8 Å². The fourth-order valence-corrected chi connectivity index (χ4v) is 2.92. The number of anilines is 1. The molecule has 2 aromatic rings. The van der Waals surface area contributed by atoms with Gasteiger partial charge in [-0.25, -0.2) is 4.90 Å². The molecule has 0 saturated carbocycles. The zero-order valence-electron chi connectivity index (χ0n) is 13.1. The van der Waals surface area contributed by atoms with E-state index in [0.717, 1.165) is 17.0 Å². The second-order valence-corrected chi connectivity index (χ2v) is 6.01. The summed E-state index contributed by atoms with van der Waals surface area (Å²) in [6.45, 7) is 3.82. The van der Waals surface area contributed by atoms with Crippen molar-refractivity contribution in [3.8, 4) is 0 Å². The minimum Gasteiger partial charge on any atom is -0.274 e. The minimum atomic E-state index is -0.306. The Morgan fingerprint density at radius 2 is 2.00 bits per heavy atom. The Bertz CT molecular complexity index is 852. The number of rotatable bonds is 2. The maximum absolute atomic E-state index is 12.6. The second-order valence-electron chi connectivity index (χ2n) is 5.57. The van der Waals surface area contributed by atoms with Gasteiger partial charge in [0.25, 0.3) is 5.91 Å². The van der Waals surface area contributed by atoms with E-state index in [4.69, 9.17) is 11.6 Å². The first-order valence-corrected chi connectivity index (χ1v) is 7.60. The summed E-state index contributed by atoms with van der Waals surface area (Å²) in [7, 11) is 1.85. The number of aryl methyl sites for hydroxylation is 2. The Balaban J connectivity index is 2.00. The van der Waals surface area contributed by atoms with Gasteiger partial charge in [0, 0.05) is 28.9 Å². The lowest BCUT2D eigenvalue weighted by atomic mass is 10.1. The van der Waals surface area contributed by atoms with Crippen LogP contribution in [-0.4, -0.2) is 21.6 Å². The number of hydrogen-bond acceptors (Lipinski definition) is 3. The molecule has 3 rings (SSSR count). The predicted molar refractivity (Wildman–Crippen MR) is 89.2 cm³/mol. The predicted octanol–water partition coefficient (Wildman–Crippen LogP) is 3.04. The van der Waals surface area contributed by atoms with Gasteiger partial charge in [0.1, 0.15) is 0 Å². The molecule has 2 heterocycles. The number of amides is 2. The smallest absolute Gasteiger partial charge is 0.261 e. The van der Waals surface area contributed by atoms with Gasteiger partial charge in [-0.15, -0.1) is 0 Å². The molecular weight excluding hydrogens is 314 g/mol. The van der Waals surface area contributed by atoms with Gasteiger partial charge in [-0.3, -0.25) is 14.3 Å². The molecule has 6 heteroatoms. The van der Waals surface area contributed by atoms with Crippen LogP contribution in [0.25, 0.3) is 6.08 Å².